The summed E-state index contributed by atoms with van der Waals surface area (Å²) in [4.78, 5) is 6.32. The minimum Gasteiger partial charge on any atom is -0.396 e. The zero-order valence-corrected chi connectivity index (χ0v) is 9.20. The van der Waals surface area contributed by atoms with Gasteiger partial charge in [0.05, 0.1) is 11.3 Å². The zero-order chi connectivity index (χ0) is 11.1. The van der Waals surface area contributed by atoms with Crippen LogP contribution in [0.3, 0.4) is 0 Å². The number of β-amino-alcohol motifs (C(OH)–C–C–N with tert-alkyl or cyclic N) is 1. The molecule has 0 spiro atoms. The standard InChI is InChI=1S/C11H17N3O/c1-8-3-5-13-10(9(8)12)14-6-4-11(2,15)7-14/h3,5,15H,4,6-7,12H2,1-2H3. The Kier molecular flexibility index (Phi) is 2.31. The van der Waals surface area contributed by atoms with Crippen LogP contribution in [-0.4, -0.2) is 28.8 Å². The quantitative estimate of drug-likeness (QED) is 0.719. The van der Waals surface area contributed by atoms with Crippen LogP contribution in [0.1, 0.15) is 18.9 Å². The maximum absolute atomic E-state index is 9.88. The smallest absolute Gasteiger partial charge is 0.152 e. The van der Waals surface area contributed by atoms with E-state index in [1.807, 2.05) is 24.8 Å². The SMILES string of the molecule is Cc1ccnc(N2CCC(C)(O)C2)c1N. The lowest BCUT2D eigenvalue weighted by Crippen LogP contribution is -2.30. The summed E-state index contributed by atoms with van der Waals surface area (Å²) in [6, 6.07) is 1.90. The number of aromatic nitrogens is 1. The normalized spacial score (nSPS) is 25.9. The minimum absolute atomic E-state index is 0.605. The molecule has 0 radical (unpaired) electrons. The first-order valence-electron chi connectivity index (χ1n) is 5.18. The van der Waals surface area contributed by atoms with Crippen molar-refractivity contribution < 1.29 is 5.11 Å². The predicted molar refractivity (Wildman–Crippen MR) is 60.8 cm³/mol. The number of nitrogens with zero attached hydrogens (tertiary/aromatic N) is 2. The van der Waals surface area contributed by atoms with Gasteiger partial charge in [-0.2, -0.15) is 0 Å². The van der Waals surface area contributed by atoms with Crippen LogP contribution in [0, 0.1) is 6.92 Å². The highest BCUT2D eigenvalue weighted by Crippen LogP contribution is 2.29. The van der Waals surface area contributed by atoms with E-state index in [-0.39, 0.29) is 0 Å². The molecule has 1 atom stereocenters. The van der Waals surface area contributed by atoms with Crippen molar-refractivity contribution >= 4 is 11.5 Å². The highest BCUT2D eigenvalue weighted by atomic mass is 16.3. The second kappa shape index (κ2) is 3.38. The van der Waals surface area contributed by atoms with E-state index in [2.05, 4.69) is 4.98 Å². The van der Waals surface area contributed by atoms with Crippen LogP contribution in [0.2, 0.25) is 0 Å². The number of anilines is 2. The molecule has 4 nitrogen and oxygen atoms in total. The van der Waals surface area contributed by atoms with Crippen molar-refractivity contribution in [2.75, 3.05) is 23.7 Å². The molecule has 0 saturated carbocycles. The monoisotopic (exact) mass is 207 g/mol. The number of nitrogens with two attached hydrogens (primary N) is 1. The van der Waals surface area contributed by atoms with Crippen LogP contribution in [0.15, 0.2) is 12.3 Å². The molecule has 2 heterocycles. The third kappa shape index (κ3) is 1.90. The summed E-state index contributed by atoms with van der Waals surface area (Å²) in [5, 5.41) is 9.88. The van der Waals surface area contributed by atoms with Gasteiger partial charge in [0.2, 0.25) is 0 Å². The van der Waals surface area contributed by atoms with Crippen molar-refractivity contribution in [1.82, 2.24) is 4.98 Å². The molecule has 0 bridgehead atoms. The van der Waals surface area contributed by atoms with E-state index < -0.39 is 5.60 Å². The van der Waals surface area contributed by atoms with Gasteiger partial charge in [0.1, 0.15) is 0 Å². The first kappa shape index (κ1) is 10.2. The number of aryl methyl sites for hydroxylation is 1. The molecule has 82 valence electrons. The molecule has 2 rings (SSSR count). The fraction of sp³-hybridized carbons (Fsp3) is 0.545. The lowest BCUT2D eigenvalue weighted by molar-refractivity contribution is 0.0839. The van der Waals surface area contributed by atoms with Crippen molar-refractivity contribution in [3.05, 3.63) is 17.8 Å². The topological polar surface area (TPSA) is 62.4 Å². The van der Waals surface area contributed by atoms with Gasteiger partial charge in [-0.15, -0.1) is 0 Å². The van der Waals surface area contributed by atoms with E-state index in [4.69, 9.17) is 5.73 Å². The third-order valence-electron chi connectivity index (χ3n) is 2.94. The summed E-state index contributed by atoms with van der Waals surface area (Å²) in [7, 11) is 0. The minimum atomic E-state index is -0.613. The van der Waals surface area contributed by atoms with Gasteiger partial charge in [-0.25, -0.2) is 4.98 Å². The van der Waals surface area contributed by atoms with Gasteiger partial charge in [0.15, 0.2) is 5.82 Å². The molecule has 1 aromatic rings. The fourth-order valence-electron chi connectivity index (χ4n) is 1.93. The van der Waals surface area contributed by atoms with Crippen molar-refractivity contribution in [2.24, 2.45) is 0 Å². The average molecular weight is 207 g/mol. The van der Waals surface area contributed by atoms with Gasteiger partial charge >= 0.3 is 0 Å². The Morgan fingerprint density at radius 1 is 1.60 bits per heavy atom. The van der Waals surface area contributed by atoms with Crippen molar-refractivity contribution in [3.63, 3.8) is 0 Å². The summed E-state index contributed by atoms with van der Waals surface area (Å²) in [6.45, 7) is 5.23. The fourth-order valence-corrected chi connectivity index (χ4v) is 1.93. The number of aliphatic hydroxyl groups is 1. The predicted octanol–water partition coefficient (Wildman–Crippen LogP) is 0.933. The van der Waals surface area contributed by atoms with Crippen LogP contribution >= 0.6 is 0 Å². The number of pyridine rings is 1. The lowest BCUT2D eigenvalue weighted by atomic mass is 10.1. The van der Waals surface area contributed by atoms with E-state index in [9.17, 15) is 5.11 Å². The van der Waals surface area contributed by atoms with E-state index in [1.54, 1.807) is 6.20 Å². The van der Waals surface area contributed by atoms with Crippen LogP contribution < -0.4 is 10.6 Å². The van der Waals surface area contributed by atoms with Crippen LogP contribution in [0.4, 0.5) is 11.5 Å². The molecule has 15 heavy (non-hydrogen) atoms. The van der Waals surface area contributed by atoms with Crippen molar-refractivity contribution in [2.45, 2.75) is 25.9 Å². The van der Waals surface area contributed by atoms with Gasteiger partial charge in [0.25, 0.3) is 0 Å². The molecule has 1 unspecified atom stereocenters. The molecule has 1 saturated heterocycles. The maximum atomic E-state index is 9.88. The second-order valence-electron chi connectivity index (χ2n) is 4.53. The van der Waals surface area contributed by atoms with Gasteiger partial charge in [-0.05, 0) is 31.9 Å². The van der Waals surface area contributed by atoms with Crippen molar-refractivity contribution in [1.29, 1.82) is 0 Å². The Bertz CT molecular complexity index is 376. The van der Waals surface area contributed by atoms with E-state index in [1.165, 1.54) is 0 Å². The summed E-state index contributed by atoms with van der Waals surface area (Å²) >= 11 is 0. The first-order valence-corrected chi connectivity index (χ1v) is 5.18. The molecular formula is C11H17N3O. The Labute approximate surface area is 89.7 Å². The summed E-state index contributed by atoms with van der Waals surface area (Å²) in [5.41, 5.74) is 7.10. The average Bonchev–Trinajstić information content (AvgIpc) is 2.51. The van der Waals surface area contributed by atoms with Crippen molar-refractivity contribution in [3.8, 4) is 0 Å². The maximum Gasteiger partial charge on any atom is 0.152 e. The number of hydrogen-bond acceptors (Lipinski definition) is 4. The Morgan fingerprint density at radius 2 is 2.33 bits per heavy atom. The van der Waals surface area contributed by atoms with Gasteiger partial charge in [-0.3, -0.25) is 0 Å². The summed E-state index contributed by atoms with van der Waals surface area (Å²) < 4.78 is 0. The van der Waals surface area contributed by atoms with E-state index in [0.29, 0.717) is 6.54 Å². The molecule has 1 aliphatic rings. The molecule has 0 aromatic carbocycles. The third-order valence-corrected chi connectivity index (χ3v) is 2.94. The Morgan fingerprint density at radius 3 is 2.93 bits per heavy atom. The molecule has 1 fully saturated rings. The van der Waals surface area contributed by atoms with E-state index >= 15 is 0 Å². The summed E-state index contributed by atoms with van der Waals surface area (Å²) in [6.07, 6.45) is 2.52. The number of nitrogen functional groups attached to an aromatic ring is 1. The molecule has 4 heteroatoms. The van der Waals surface area contributed by atoms with Crippen LogP contribution in [0.5, 0.6) is 0 Å². The first-order chi connectivity index (χ1) is 6.99. The molecule has 3 N–H and O–H groups in total. The lowest BCUT2D eigenvalue weighted by Gasteiger charge is -2.21. The zero-order valence-electron chi connectivity index (χ0n) is 9.20. The molecule has 0 amide bonds. The largest absolute Gasteiger partial charge is 0.396 e. The van der Waals surface area contributed by atoms with Gasteiger partial charge in [0, 0.05) is 19.3 Å². The Hall–Kier alpha value is -1.29. The van der Waals surface area contributed by atoms with Crippen LogP contribution in [0.25, 0.3) is 0 Å². The van der Waals surface area contributed by atoms with Gasteiger partial charge in [-0.1, -0.05) is 0 Å². The highest BCUT2D eigenvalue weighted by molar-refractivity contribution is 5.66. The second-order valence-corrected chi connectivity index (χ2v) is 4.53. The molecule has 1 aliphatic heterocycles. The number of rotatable bonds is 1. The number of hydrogen-bond donors (Lipinski definition) is 2. The molecular weight excluding hydrogens is 190 g/mol. The highest BCUT2D eigenvalue weighted by Gasteiger charge is 2.32. The molecule has 0 aliphatic carbocycles. The van der Waals surface area contributed by atoms with Gasteiger partial charge < -0.3 is 15.7 Å². The van der Waals surface area contributed by atoms with E-state index in [0.717, 1.165) is 30.0 Å². The molecule has 1 aromatic heterocycles. The Balaban J connectivity index is 2.28. The summed E-state index contributed by atoms with van der Waals surface area (Å²) in [5.74, 6) is 0.799. The van der Waals surface area contributed by atoms with Crippen LogP contribution in [-0.2, 0) is 0 Å².